The van der Waals surface area contributed by atoms with E-state index in [9.17, 15) is 4.79 Å². The molecule has 0 aliphatic rings. The number of H-pyrrole nitrogens is 1. The molecule has 3 nitrogen and oxygen atoms in total. The van der Waals surface area contributed by atoms with Crippen LogP contribution in [0.15, 0.2) is 84.9 Å². The lowest BCUT2D eigenvalue weighted by Gasteiger charge is -2.20. The molecule has 0 saturated heterocycles. The van der Waals surface area contributed by atoms with Gasteiger partial charge in [-0.1, -0.05) is 78.9 Å². The molecule has 3 heteroatoms. The minimum Gasteiger partial charge on any atom is -0.358 e. The maximum atomic E-state index is 13.4. The van der Waals surface area contributed by atoms with E-state index in [0.29, 0.717) is 0 Å². The fraction of sp³-hybridized carbons (Fsp3) is 0.160. The van der Waals surface area contributed by atoms with E-state index in [1.807, 2.05) is 50.2 Å². The molecule has 0 aliphatic carbocycles. The van der Waals surface area contributed by atoms with Gasteiger partial charge < -0.3 is 10.3 Å². The zero-order chi connectivity index (χ0) is 19.5. The summed E-state index contributed by atoms with van der Waals surface area (Å²) in [5.74, 6) is 0.159. The molecule has 3 aromatic carbocycles. The van der Waals surface area contributed by atoms with Gasteiger partial charge in [0, 0.05) is 27.7 Å². The number of carbonyl (C=O) groups excluding carboxylic acids is 1. The van der Waals surface area contributed by atoms with Crippen LogP contribution in [0.25, 0.3) is 10.9 Å². The van der Waals surface area contributed by atoms with Crippen LogP contribution in [-0.4, -0.2) is 16.8 Å². The van der Waals surface area contributed by atoms with Crippen molar-refractivity contribution < 1.29 is 10.1 Å². The number of para-hydroxylation sites is 1. The first kappa shape index (κ1) is 18.2. The molecule has 28 heavy (non-hydrogen) atoms. The molecule has 1 aromatic heterocycles. The summed E-state index contributed by atoms with van der Waals surface area (Å²) in [7, 11) is 0. The number of aromatic amines is 1. The largest absolute Gasteiger partial charge is 0.358 e. The smallest absolute Gasteiger partial charge is 0.221 e. The van der Waals surface area contributed by atoms with Gasteiger partial charge in [-0.15, -0.1) is 0 Å². The minimum absolute atomic E-state index is 0.0758. The molecule has 4 rings (SSSR count). The fourth-order valence-corrected chi connectivity index (χ4v) is 3.93. The molecule has 0 spiro atoms. The zero-order valence-corrected chi connectivity index (χ0v) is 16.2. The Morgan fingerprint density at radius 1 is 0.821 bits per heavy atom. The van der Waals surface area contributed by atoms with Crippen LogP contribution in [0.4, 0.5) is 0 Å². The van der Waals surface area contributed by atoms with Gasteiger partial charge in [0.25, 0.3) is 0 Å². The molecule has 3 N–H and O–H groups in total. The van der Waals surface area contributed by atoms with Crippen molar-refractivity contribution in [3.8, 4) is 0 Å². The van der Waals surface area contributed by atoms with Gasteiger partial charge >= 0.3 is 0 Å². The third-order valence-corrected chi connectivity index (χ3v) is 5.35. The van der Waals surface area contributed by atoms with Crippen molar-refractivity contribution in [3.05, 3.63) is 107 Å². The van der Waals surface area contributed by atoms with Gasteiger partial charge in [0.05, 0.1) is 5.56 Å². The number of benzene rings is 3. The van der Waals surface area contributed by atoms with Gasteiger partial charge in [-0.05, 0) is 19.9 Å². The molecule has 0 unspecified atom stereocenters. The lowest BCUT2D eigenvalue weighted by molar-refractivity contribution is -0.703. The number of quaternary nitrogens is 1. The summed E-state index contributed by atoms with van der Waals surface area (Å²) >= 11 is 0. The van der Waals surface area contributed by atoms with E-state index >= 15 is 0 Å². The predicted octanol–water partition coefficient (Wildman–Crippen LogP) is 4.40. The molecule has 0 aliphatic heterocycles. The zero-order valence-electron chi connectivity index (χ0n) is 16.2. The average molecular weight is 369 g/mol. The first-order chi connectivity index (χ1) is 13.6. The van der Waals surface area contributed by atoms with Gasteiger partial charge in [0.15, 0.2) is 0 Å². The second-order valence-corrected chi connectivity index (χ2v) is 7.31. The average Bonchev–Trinajstić information content (AvgIpc) is 3.08. The second-order valence-electron chi connectivity index (χ2n) is 7.31. The molecule has 0 bridgehead atoms. The van der Waals surface area contributed by atoms with Crippen LogP contribution in [0.5, 0.6) is 0 Å². The number of nitrogens with two attached hydrogens (primary N) is 1. The van der Waals surface area contributed by atoms with Crippen molar-refractivity contribution in [2.24, 2.45) is 0 Å². The van der Waals surface area contributed by atoms with E-state index in [1.54, 1.807) is 0 Å². The minimum atomic E-state index is -0.205. The second kappa shape index (κ2) is 7.83. The summed E-state index contributed by atoms with van der Waals surface area (Å²) < 4.78 is 0. The Morgan fingerprint density at radius 2 is 1.36 bits per heavy atom. The quantitative estimate of drug-likeness (QED) is 0.486. The highest BCUT2D eigenvalue weighted by atomic mass is 16.1. The summed E-state index contributed by atoms with van der Waals surface area (Å²) in [5, 5.41) is 3.18. The van der Waals surface area contributed by atoms with Crippen LogP contribution in [-0.2, 0) is 0 Å². The summed E-state index contributed by atoms with van der Waals surface area (Å²) in [4.78, 5) is 16.7. The Morgan fingerprint density at radius 3 is 1.96 bits per heavy atom. The number of carbonyl (C=O) groups is 1. The van der Waals surface area contributed by atoms with Gasteiger partial charge in [-0.3, -0.25) is 4.79 Å². The Hall–Kier alpha value is -3.17. The summed E-state index contributed by atoms with van der Waals surface area (Å²) in [5.41, 5.74) is 5.15. The van der Waals surface area contributed by atoms with Gasteiger partial charge in [-0.25, -0.2) is 0 Å². The maximum Gasteiger partial charge on any atom is 0.221 e. The van der Waals surface area contributed by atoms with Gasteiger partial charge in [0.2, 0.25) is 5.78 Å². The third kappa shape index (κ3) is 3.49. The highest BCUT2D eigenvalue weighted by molar-refractivity contribution is 6.10. The Kier molecular flexibility index (Phi) is 5.09. The number of rotatable bonds is 6. The normalized spacial score (nSPS) is 12.4. The van der Waals surface area contributed by atoms with Crippen LogP contribution in [0.1, 0.15) is 40.1 Å². The van der Waals surface area contributed by atoms with E-state index in [0.717, 1.165) is 22.2 Å². The third-order valence-electron chi connectivity index (χ3n) is 5.35. The number of aryl methyl sites for hydroxylation is 1. The van der Waals surface area contributed by atoms with Crippen LogP contribution in [0.2, 0.25) is 0 Å². The summed E-state index contributed by atoms with van der Waals surface area (Å²) in [6.45, 7) is 3.98. The first-order valence-electron chi connectivity index (χ1n) is 9.71. The SMILES string of the molecule is Cc1[nH]c2ccccc2c1C(=O)[C@H](C)[NH2+]C(c1ccccc1)c1ccccc1. The molecular formula is C25H25N2O+. The van der Waals surface area contributed by atoms with Crippen molar-refractivity contribution >= 4 is 16.7 Å². The molecule has 1 atom stereocenters. The number of ketones is 1. The highest BCUT2D eigenvalue weighted by Crippen LogP contribution is 2.23. The molecule has 4 aromatic rings. The first-order valence-corrected chi connectivity index (χ1v) is 9.71. The maximum absolute atomic E-state index is 13.4. The van der Waals surface area contributed by atoms with E-state index in [-0.39, 0.29) is 17.9 Å². The fourth-order valence-electron chi connectivity index (χ4n) is 3.93. The molecule has 0 radical (unpaired) electrons. The van der Waals surface area contributed by atoms with E-state index in [4.69, 9.17) is 0 Å². The summed E-state index contributed by atoms with van der Waals surface area (Å²) in [6, 6.07) is 28.6. The lowest BCUT2D eigenvalue weighted by Crippen LogP contribution is -2.92. The van der Waals surface area contributed by atoms with Crippen LogP contribution in [0, 0.1) is 6.92 Å². The number of hydrogen-bond acceptors (Lipinski definition) is 1. The standard InChI is InChI=1S/C25H24N2O/c1-17-23(21-15-9-10-16-22(21)26-17)25(28)18(2)27-24(19-11-5-3-6-12-19)20-13-7-4-8-14-20/h3-16,18,24,26-27H,1-2H3/p+1/t18-/m0/s1. The highest BCUT2D eigenvalue weighted by Gasteiger charge is 2.28. The van der Waals surface area contributed by atoms with Crippen molar-refractivity contribution in [1.29, 1.82) is 0 Å². The summed E-state index contributed by atoms with van der Waals surface area (Å²) in [6.07, 6.45) is 0. The van der Waals surface area contributed by atoms with Crippen molar-refractivity contribution in [2.45, 2.75) is 25.9 Å². The van der Waals surface area contributed by atoms with Crippen molar-refractivity contribution in [3.63, 3.8) is 0 Å². The van der Waals surface area contributed by atoms with Crippen LogP contribution in [0.3, 0.4) is 0 Å². The number of nitrogens with one attached hydrogen (secondary N) is 1. The van der Waals surface area contributed by atoms with Crippen molar-refractivity contribution in [2.75, 3.05) is 0 Å². The monoisotopic (exact) mass is 369 g/mol. The lowest BCUT2D eigenvalue weighted by atomic mass is 9.96. The van der Waals surface area contributed by atoms with E-state index in [1.165, 1.54) is 11.1 Å². The Labute approximate surface area is 165 Å². The Bertz CT molecular complexity index is 1040. The molecule has 140 valence electrons. The number of hydrogen-bond donors (Lipinski definition) is 2. The molecule has 0 saturated carbocycles. The predicted molar refractivity (Wildman–Crippen MR) is 113 cm³/mol. The topological polar surface area (TPSA) is 49.5 Å². The van der Waals surface area contributed by atoms with Crippen molar-refractivity contribution in [1.82, 2.24) is 4.98 Å². The van der Waals surface area contributed by atoms with E-state index < -0.39 is 0 Å². The number of aromatic nitrogens is 1. The van der Waals surface area contributed by atoms with Crippen LogP contribution >= 0.6 is 0 Å². The molecule has 0 amide bonds. The number of Topliss-reactive ketones (excluding diaryl/α,β-unsaturated/α-hetero) is 1. The molecular weight excluding hydrogens is 344 g/mol. The number of fused-ring (bicyclic) bond motifs is 1. The van der Waals surface area contributed by atoms with E-state index in [2.05, 4.69) is 58.8 Å². The molecule has 1 heterocycles. The van der Waals surface area contributed by atoms with Gasteiger partial charge in [0.1, 0.15) is 12.1 Å². The molecule has 0 fully saturated rings. The van der Waals surface area contributed by atoms with Gasteiger partial charge in [-0.2, -0.15) is 0 Å². The Balaban J connectivity index is 1.67. The van der Waals surface area contributed by atoms with Crippen LogP contribution < -0.4 is 5.32 Å².